The highest BCUT2D eigenvalue weighted by Crippen LogP contribution is 2.22. The van der Waals surface area contributed by atoms with Crippen molar-refractivity contribution in [2.75, 3.05) is 6.54 Å². The van der Waals surface area contributed by atoms with Crippen molar-refractivity contribution < 1.29 is 34.2 Å². The van der Waals surface area contributed by atoms with Gasteiger partial charge in [0, 0.05) is 13.0 Å². The summed E-state index contributed by atoms with van der Waals surface area (Å²) >= 11 is 0. The molecule has 0 saturated carbocycles. The van der Waals surface area contributed by atoms with Gasteiger partial charge >= 0.3 is 5.97 Å². The molecule has 1 aliphatic rings. The summed E-state index contributed by atoms with van der Waals surface area (Å²) in [4.78, 5) is 63.3. The Kier molecular flexibility index (Phi) is 10.9. The van der Waals surface area contributed by atoms with Crippen molar-refractivity contribution in [3.05, 3.63) is 29.8 Å². The fourth-order valence-corrected chi connectivity index (χ4v) is 4.22. The number of carbonyl (C=O) groups is 5. The number of aliphatic carboxylic acids is 1. The monoisotopic (exact) mass is 519 g/mol. The van der Waals surface area contributed by atoms with E-state index < -0.39 is 53.8 Å². The van der Waals surface area contributed by atoms with Crippen LogP contribution >= 0.6 is 0 Å². The quantitative estimate of drug-likeness (QED) is 0.202. The molecule has 1 fully saturated rings. The molecule has 1 saturated heterocycles. The van der Waals surface area contributed by atoms with E-state index in [0.717, 1.165) is 5.56 Å². The van der Waals surface area contributed by atoms with Gasteiger partial charge in [-0.25, -0.2) is 4.79 Å². The Morgan fingerprint density at radius 1 is 1.14 bits per heavy atom. The number of amides is 4. The van der Waals surface area contributed by atoms with E-state index in [1.54, 1.807) is 12.1 Å². The lowest BCUT2D eigenvalue weighted by Gasteiger charge is -2.32. The Hall–Kier alpha value is -3.67. The summed E-state index contributed by atoms with van der Waals surface area (Å²) in [6.45, 7) is 3.96. The van der Waals surface area contributed by atoms with Crippen LogP contribution in [0.4, 0.5) is 0 Å². The molecule has 1 aromatic rings. The van der Waals surface area contributed by atoms with Crippen molar-refractivity contribution in [3.8, 4) is 5.75 Å². The summed E-state index contributed by atoms with van der Waals surface area (Å²) in [5, 5.41) is 24.0. The zero-order chi connectivity index (χ0) is 27.7. The van der Waals surface area contributed by atoms with Gasteiger partial charge in [0.2, 0.25) is 23.6 Å². The van der Waals surface area contributed by atoms with E-state index in [2.05, 4.69) is 10.6 Å². The number of benzene rings is 1. The second-order valence-electron chi connectivity index (χ2n) is 9.44. The first-order chi connectivity index (χ1) is 17.4. The molecule has 0 aliphatic carbocycles. The minimum Gasteiger partial charge on any atom is -0.508 e. The van der Waals surface area contributed by atoms with Crippen LogP contribution in [0.2, 0.25) is 0 Å². The van der Waals surface area contributed by atoms with E-state index in [1.807, 2.05) is 13.8 Å². The van der Waals surface area contributed by atoms with Crippen LogP contribution < -0.4 is 22.1 Å². The van der Waals surface area contributed by atoms with Crippen LogP contribution in [-0.2, 0) is 30.4 Å². The summed E-state index contributed by atoms with van der Waals surface area (Å²) in [6.07, 6.45) is 1.26. The van der Waals surface area contributed by atoms with E-state index in [9.17, 15) is 34.2 Å². The molecule has 0 bridgehead atoms. The van der Waals surface area contributed by atoms with Crippen molar-refractivity contribution in [2.45, 2.75) is 76.5 Å². The first-order valence-corrected chi connectivity index (χ1v) is 12.4. The van der Waals surface area contributed by atoms with Crippen LogP contribution in [0.15, 0.2) is 24.3 Å². The molecule has 12 nitrogen and oxygen atoms in total. The number of likely N-dealkylation sites (tertiary alicyclic amines) is 1. The number of nitrogens with one attached hydrogen (secondary N) is 2. The number of carboxylic acids is 1. The summed E-state index contributed by atoms with van der Waals surface area (Å²) in [6, 6.07) is 2.20. The number of carboxylic acid groups (broad SMARTS) is 1. The number of rotatable bonds is 13. The van der Waals surface area contributed by atoms with Crippen LogP contribution in [0.25, 0.3) is 0 Å². The zero-order valence-corrected chi connectivity index (χ0v) is 21.2. The van der Waals surface area contributed by atoms with E-state index in [1.165, 1.54) is 17.0 Å². The van der Waals surface area contributed by atoms with Gasteiger partial charge in [0.25, 0.3) is 0 Å². The second kappa shape index (κ2) is 13.6. The lowest BCUT2D eigenvalue weighted by molar-refractivity contribution is -0.145. The summed E-state index contributed by atoms with van der Waals surface area (Å²) in [5.74, 6) is -3.77. The molecule has 0 aromatic heterocycles. The van der Waals surface area contributed by atoms with Gasteiger partial charge in [-0.1, -0.05) is 32.4 Å². The van der Waals surface area contributed by atoms with Crippen molar-refractivity contribution in [3.63, 3.8) is 0 Å². The van der Waals surface area contributed by atoms with Crippen molar-refractivity contribution in [1.82, 2.24) is 15.5 Å². The number of carbonyl (C=O) groups excluding carboxylic acids is 4. The summed E-state index contributed by atoms with van der Waals surface area (Å²) < 4.78 is 0. The van der Waals surface area contributed by atoms with Gasteiger partial charge in [0.15, 0.2) is 0 Å². The Bertz CT molecular complexity index is 984. The molecule has 5 atom stereocenters. The fraction of sp³-hybridized carbons (Fsp3) is 0.560. The number of phenolic OH excluding ortho intramolecular Hbond substituents is 1. The summed E-state index contributed by atoms with van der Waals surface area (Å²) in [5.41, 5.74) is 11.9. The third-order valence-corrected chi connectivity index (χ3v) is 6.64. The smallest absolute Gasteiger partial charge is 0.326 e. The van der Waals surface area contributed by atoms with Gasteiger partial charge in [0.1, 0.15) is 23.9 Å². The van der Waals surface area contributed by atoms with Crippen molar-refractivity contribution >= 4 is 29.6 Å². The van der Waals surface area contributed by atoms with Crippen molar-refractivity contribution in [2.24, 2.45) is 17.4 Å². The molecular formula is C25H37N5O7. The zero-order valence-electron chi connectivity index (χ0n) is 21.2. The molecule has 204 valence electrons. The number of nitrogens with zero attached hydrogens (tertiary/aromatic N) is 1. The highest BCUT2D eigenvalue weighted by Gasteiger charge is 2.40. The standard InChI is InChI=1S/C25H37N5O7/c1-3-14(2)21(29-22(33)17(26)13-15-6-8-16(31)9-7-15)24(35)30-12-4-5-19(30)23(34)28-18(25(36)37)10-11-20(27)32/h6-9,14,17-19,21,31H,3-5,10-13,26H2,1-2H3,(H2,27,32)(H,28,34)(H,29,33)(H,36,37). The van der Waals surface area contributed by atoms with E-state index in [4.69, 9.17) is 11.5 Å². The molecule has 0 radical (unpaired) electrons. The molecule has 1 heterocycles. The fourth-order valence-electron chi connectivity index (χ4n) is 4.22. The van der Waals surface area contributed by atoms with Crippen LogP contribution in [0.1, 0.15) is 51.5 Å². The maximum atomic E-state index is 13.5. The summed E-state index contributed by atoms with van der Waals surface area (Å²) in [7, 11) is 0. The topological polar surface area (TPSA) is 205 Å². The molecule has 12 heteroatoms. The molecule has 1 aromatic carbocycles. The Morgan fingerprint density at radius 2 is 1.78 bits per heavy atom. The SMILES string of the molecule is CCC(C)C(NC(=O)C(N)Cc1ccc(O)cc1)C(=O)N1CCCC1C(=O)NC(CCC(N)=O)C(=O)O. The average Bonchev–Trinajstić information content (AvgIpc) is 3.35. The van der Waals surface area contributed by atoms with Crippen LogP contribution in [0.5, 0.6) is 5.75 Å². The minimum atomic E-state index is -1.32. The Balaban J connectivity index is 2.11. The van der Waals surface area contributed by atoms with Gasteiger partial charge in [-0.15, -0.1) is 0 Å². The largest absolute Gasteiger partial charge is 0.508 e. The maximum absolute atomic E-state index is 13.5. The minimum absolute atomic E-state index is 0.0935. The Labute approximate surface area is 215 Å². The molecule has 8 N–H and O–H groups in total. The highest BCUT2D eigenvalue weighted by molar-refractivity contribution is 5.94. The number of hydrogen-bond acceptors (Lipinski definition) is 7. The molecule has 37 heavy (non-hydrogen) atoms. The van der Waals surface area contributed by atoms with Gasteiger partial charge < -0.3 is 37.2 Å². The highest BCUT2D eigenvalue weighted by atomic mass is 16.4. The molecule has 2 rings (SSSR count). The molecule has 5 unspecified atom stereocenters. The van der Waals surface area contributed by atoms with Gasteiger partial charge in [-0.05, 0) is 49.3 Å². The predicted octanol–water partition coefficient (Wildman–Crippen LogP) is -0.381. The van der Waals surface area contributed by atoms with Crippen molar-refractivity contribution in [1.29, 1.82) is 0 Å². The number of nitrogens with two attached hydrogens (primary N) is 2. The first-order valence-electron chi connectivity index (χ1n) is 12.4. The maximum Gasteiger partial charge on any atom is 0.326 e. The number of primary amides is 1. The lowest BCUT2D eigenvalue weighted by atomic mass is 9.96. The van der Waals surface area contributed by atoms with E-state index in [0.29, 0.717) is 19.3 Å². The van der Waals surface area contributed by atoms with Crippen LogP contribution in [-0.4, -0.2) is 75.4 Å². The lowest BCUT2D eigenvalue weighted by Crippen LogP contribution is -2.58. The number of aromatic hydroxyl groups is 1. The van der Waals surface area contributed by atoms with E-state index >= 15 is 0 Å². The van der Waals surface area contributed by atoms with Gasteiger partial charge in [-0.3, -0.25) is 19.2 Å². The average molecular weight is 520 g/mol. The Morgan fingerprint density at radius 3 is 2.35 bits per heavy atom. The third-order valence-electron chi connectivity index (χ3n) is 6.64. The molecule has 4 amide bonds. The van der Waals surface area contributed by atoms with E-state index in [-0.39, 0.29) is 37.5 Å². The molecule has 1 aliphatic heterocycles. The first kappa shape index (κ1) is 29.6. The number of hydrogen-bond donors (Lipinski definition) is 6. The van der Waals surface area contributed by atoms with Crippen LogP contribution in [0.3, 0.4) is 0 Å². The second-order valence-corrected chi connectivity index (χ2v) is 9.44. The van der Waals surface area contributed by atoms with Gasteiger partial charge in [0.05, 0.1) is 6.04 Å². The molecular weight excluding hydrogens is 482 g/mol. The predicted molar refractivity (Wildman–Crippen MR) is 134 cm³/mol. The normalized spacial score (nSPS) is 18.4. The molecule has 0 spiro atoms. The third kappa shape index (κ3) is 8.45. The van der Waals surface area contributed by atoms with Crippen LogP contribution in [0, 0.1) is 5.92 Å². The van der Waals surface area contributed by atoms with Gasteiger partial charge in [-0.2, -0.15) is 0 Å². The number of phenols is 1.